The summed E-state index contributed by atoms with van der Waals surface area (Å²) in [6, 6.07) is 5.20. The lowest BCUT2D eigenvalue weighted by atomic mass is 10.1. The maximum Gasteiger partial charge on any atom is 0.315 e. The molecule has 1 aliphatic heterocycles. The van der Waals surface area contributed by atoms with Gasteiger partial charge in [-0.2, -0.15) is 0 Å². The first kappa shape index (κ1) is 20.8. The van der Waals surface area contributed by atoms with Crippen LogP contribution < -0.4 is 10.6 Å². The fourth-order valence-corrected chi connectivity index (χ4v) is 3.57. The molecule has 3 rings (SSSR count). The molecule has 1 aromatic heterocycles. The monoisotopic (exact) mass is 401 g/mol. The number of carbonyl (C=O) groups is 2. The van der Waals surface area contributed by atoms with Crippen LogP contribution in [-0.4, -0.2) is 46.0 Å². The van der Waals surface area contributed by atoms with Gasteiger partial charge in [-0.05, 0) is 37.0 Å². The van der Waals surface area contributed by atoms with Crippen LogP contribution in [0.1, 0.15) is 49.5 Å². The van der Waals surface area contributed by atoms with E-state index in [1.807, 2.05) is 11.9 Å². The number of carbonyl (C=O) groups excluding carboxylic acids is 2. The molecule has 2 heterocycles. The zero-order chi connectivity index (χ0) is 20.6. The van der Waals surface area contributed by atoms with Gasteiger partial charge in [0, 0.05) is 45.5 Å². The van der Waals surface area contributed by atoms with E-state index in [9.17, 15) is 14.0 Å². The van der Waals surface area contributed by atoms with Crippen LogP contribution in [0, 0.1) is 5.82 Å². The molecule has 0 spiro atoms. The fourth-order valence-electron chi connectivity index (χ4n) is 3.57. The molecule has 1 aromatic carbocycles. The molecular weight excluding hydrogens is 373 g/mol. The molecule has 29 heavy (non-hydrogen) atoms. The maximum absolute atomic E-state index is 13.7. The molecule has 0 unspecified atom stereocenters. The third kappa shape index (κ3) is 5.79. The molecular formula is C21H28FN5O2. The van der Waals surface area contributed by atoms with Crippen molar-refractivity contribution in [3.05, 3.63) is 53.9 Å². The van der Waals surface area contributed by atoms with Gasteiger partial charge in [-0.3, -0.25) is 4.79 Å². The van der Waals surface area contributed by atoms with E-state index in [1.165, 1.54) is 12.1 Å². The number of benzene rings is 1. The summed E-state index contributed by atoms with van der Waals surface area (Å²) in [5.41, 5.74) is 0.615. The summed E-state index contributed by atoms with van der Waals surface area (Å²) in [6.45, 7) is 1.89. The Balaban J connectivity index is 1.55. The number of hydrogen-bond acceptors (Lipinski definition) is 3. The third-order valence-electron chi connectivity index (χ3n) is 5.14. The number of likely N-dealkylation sites (tertiary alicyclic amines) is 1. The number of hydrogen-bond donors (Lipinski definition) is 2. The van der Waals surface area contributed by atoms with Gasteiger partial charge in [0.15, 0.2) is 0 Å². The van der Waals surface area contributed by atoms with Crippen LogP contribution in [0.2, 0.25) is 0 Å². The molecule has 0 bridgehead atoms. The van der Waals surface area contributed by atoms with Crippen molar-refractivity contribution in [2.75, 3.05) is 19.6 Å². The van der Waals surface area contributed by atoms with Crippen LogP contribution >= 0.6 is 0 Å². The molecule has 8 heteroatoms. The van der Waals surface area contributed by atoms with Gasteiger partial charge in [0.2, 0.25) is 5.91 Å². The number of nitrogens with one attached hydrogen (secondary N) is 2. The predicted molar refractivity (Wildman–Crippen MR) is 108 cm³/mol. The van der Waals surface area contributed by atoms with E-state index in [0.717, 1.165) is 25.8 Å². The molecule has 1 saturated heterocycles. The van der Waals surface area contributed by atoms with Crippen molar-refractivity contribution in [3.63, 3.8) is 0 Å². The topological polar surface area (TPSA) is 79.3 Å². The van der Waals surface area contributed by atoms with Crippen molar-refractivity contribution < 1.29 is 14.0 Å². The Hall–Kier alpha value is -2.90. The second-order valence-corrected chi connectivity index (χ2v) is 7.33. The minimum absolute atomic E-state index is 0.202. The molecule has 1 aliphatic rings. The minimum Gasteiger partial charge on any atom is -0.343 e. The Morgan fingerprint density at radius 2 is 2.17 bits per heavy atom. The maximum atomic E-state index is 13.7. The molecule has 0 saturated carbocycles. The highest BCUT2D eigenvalue weighted by molar-refractivity contribution is 5.76. The van der Waals surface area contributed by atoms with Crippen molar-refractivity contribution in [2.45, 2.75) is 38.1 Å². The molecule has 3 amide bonds. The van der Waals surface area contributed by atoms with Crippen molar-refractivity contribution >= 4 is 11.9 Å². The Kier molecular flexibility index (Phi) is 7.21. The third-order valence-corrected chi connectivity index (χ3v) is 5.14. The molecule has 1 atom stereocenters. The van der Waals surface area contributed by atoms with E-state index in [4.69, 9.17) is 0 Å². The zero-order valence-corrected chi connectivity index (χ0v) is 16.7. The van der Waals surface area contributed by atoms with Crippen molar-refractivity contribution in [3.8, 4) is 0 Å². The molecule has 2 N–H and O–H groups in total. The van der Waals surface area contributed by atoms with Crippen LogP contribution in [0.3, 0.4) is 0 Å². The number of nitrogens with zero attached hydrogens (tertiary/aromatic N) is 3. The highest BCUT2D eigenvalue weighted by Crippen LogP contribution is 2.21. The van der Waals surface area contributed by atoms with E-state index in [-0.39, 0.29) is 17.8 Å². The summed E-state index contributed by atoms with van der Waals surface area (Å²) >= 11 is 0. The summed E-state index contributed by atoms with van der Waals surface area (Å²) in [4.78, 5) is 30.7. The molecule has 7 nitrogen and oxygen atoms in total. The molecule has 2 aromatic rings. The molecule has 1 fully saturated rings. The van der Waals surface area contributed by atoms with Gasteiger partial charge < -0.3 is 20.1 Å². The number of amides is 3. The van der Waals surface area contributed by atoms with E-state index in [2.05, 4.69) is 15.6 Å². The van der Waals surface area contributed by atoms with Gasteiger partial charge in [-0.15, -0.1) is 0 Å². The van der Waals surface area contributed by atoms with Crippen molar-refractivity contribution in [2.24, 2.45) is 7.05 Å². The van der Waals surface area contributed by atoms with E-state index >= 15 is 0 Å². The molecule has 0 radical (unpaired) electrons. The largest absolute Gasteiger partial charge is 0.343 e. The SMILES string of the molecule is Cn1ccnc1[C@H](NC(=O)NCCCN1CCCCCC1=O)c1cccc(F)c1. The number of urea groups is 1. The quantitative estimate of drug-likeness (QED) is 0.700. The highest BCUT2D eigenvalue weighted by Gasteiger charge is 2.21. The van der Waals surface area contributed by atoms with Crippen LogP contribution in [-0.2, 0) is 11.8 Å². The Bertz CT molecular complexity index is 838. The average molecular weight is 401 g/mol. The lowest BCUT2D eigenvalue weighted by Crippen LogP contribution is -2.40. The van der Waals surface area contributed by atoms with Crippen LogP contribution in [0.4, 0.5) is 9.18 Å². The molecule has 0 aliphatic carbocycles. The van der Waals surface area contributed by atoms with Gasteiger partial charge in [0.05, 0.1) is 0 Å². The van der Waals surface area contributed by atoms with Crippen molar-refractivity contribution in [1.82, 2.24) is 25.1 Å². The average Bonchev–Trinajstić information content (AvgIpc) is 3.01. The predicted octanol–water partition coefficient (Wildman–Crippen LogP) is 2.74. The standard InChI is InChI=1S/C21H28FN5O2/c1-26-14-11-23-20(26)19(16-7-5-8-17(22)15-16)25-21(29)24-10-6-13-27-12-4-2-3-9-18(27)28/h5,7-8,11,14-15,19H,2-4,6,9-10,12-13H2,1H3,(H2,24,25,29)/t19-/m1/s1. The second kappa shape index (κ2) is 10.0. The summed E-state index contributed by atoms with van der Waals surface area (Å²) in [6.07, 6.45) is 7.82. The van der Waals surface area contributed by atoms with E-state index < -0.39 is 6.04 Å². The van der Waals surface area contributed by atoms with Crippen LogP contribution in [0.25, 0.3) is 0 Å². The Labute approximate surface area is 170 Å². The smallest absolute Gasteiger partial charge is 0.315 e. The van der Waals surface area contributed by atoms with E-state index in [0.29, 0.717) is 37.3 Å². The number of aryl methyl sites for hydroxylation is 1. The zero-order valence-electron chi connectivity index (χ0n) is 16.7. The lowest BCUT2D eigenvalue weighted by molar-refractivity contribution is -0.130. The normalized spacial score (nSPS) is 15.7. The summed E-state index contributed by atoms with van der Waals surface area (Å²) in [7, 11) is 1.83. The number of imidazole rings is 1. The lowest BCUT2D eigenvalue weighted by Gasteiger charge is -2.21. The second-order valence-electron chi connectivity index (χ2n) is 7.33. The summed E-state index contributed by atoms with van der Waals surface area (Å²) in [5, 5.41) is 5.71. The first-order chi connectivity index (χ1) is 14.0. The van der Waals surface area contributed by atoms with Crippen molar-refractivity contribution in [1.29, 1.82) is 0 Å². The van der Waals surface area contributed by atoms with Gasteiger partial charge in [-0.1, -0.05) is 18.6 Å². The van der Waals surface area contributed by atoms with Gasteiger partial charge >= 0.3 is 6.03 Å². The van der Waals surface area contributed by atoms with E-state index in [1.54, 1.807) is 29.1 Å². The van der Waals surface area contributed by atoms with Crippen LogP contribution in [0.15, 0.2) is 36.7 Å². The fraction of sp³-hybridized carbons (Fsp3) is 0.476. The van der Waals surface area contributed by atoms with Gasteiger partial charge in [0.25, 0.3) is 0 Å². The molecule has 156 valence electrons. The van der Waals surface area contributed by atoms with Gasteiger partial charge in [0.1, 0.15) is 17.7 Å². The summed E-state index contributed by atoms with van der Waals surface area (Å²) < 4.78 is 15.5. The first-order valence-electron chi connectivity index (χ1n) is 10.1. The number of rotatable bonds is 7. The Morgan fingerprint density at radius 1 is 1.31 bits per heavy atom. The first-order valence-corrected chi connectivity index (χ1v) is 10.1. The highest BCUT2D eigenvalue weighted by atomic mass is 19.1. The van der Waals surface area contributed by atoms with Crippen LogP contribution in [0.5, 0.6) is 0 Å². The Morgan fingerprint density at radius 3 is 2.93 bits per heavy atom. The number of aromatic nitrogens is 2. The minimum atomic E-state index is -0.571. The number of halogens is 1. The summed E-state index contributed by atoms with van der Waals surface area (Å²) in [5.74, 6) is 0.444. The van der Waals surface area contributed by atoms with Gasteiger partial charge in [-0.25, -0.2) is 14.2 Å².